The zero-order valence-electron chi connectivity index (χ0n) is 78.0. The molecule has 13 N–H and O–H groups in total. The van der Waals surface area contributed by atoms with Crippen molar-refractivity contribution in [2.24, 2.45) is 54.3 Å². The lowest BCUT2D eigenvalue weighted by molar-refractivity contribution is -0.148. The Bertz CT molecular complexity index is 6890. The summed E-state index contributed by atoms with van der Waals surface area (Å²) < 4.78 is 195. The van der Waals surface area contributed by atoms with Gasteiger partial charge in [-0.3, -0.25) is 38.9 Å². The van der Waals surface area contributed by atoms with Gasteiger partial charge in [0.1, 0.15) is 0 Å². The number of amidine groups is 8. The highest BCUT2D eigenvalue weighted by molar-refractivity contribution is 9.10. The first-order valence-corrected chi connectivity index (χ1v) is 49.6. The molecule has 8 aromatic rings. The third kappa shape index (κ3) is 24.7. The number of halogens is 4. The highest BCUT2D eigenvalue weighted by atomic mass is 79.9. The zero-order valence-corrected chi connectivity index (χ0v) is 82.8. The van der Waals surface area contributed by atoms with Gasteiger partial charge in [-0.1, -0.05) is 115 Å². The molecule has 4 amide bonds. The Hall–Kier alpha value is -15.1. The Labute approximate surface area is 821 Å². The first-order valence-electron chi connectivity index (χ1n) is 43.0. The number of nitrogens with one attached hydrogen (secondary N) is 8. The molecule has 1 fully saturated rings. The molecule has 16 rings (SSSR count). The maximum absolute atomic E-state index is 13.9. The number of aliphatic carboxylic acids is 1. The average molecular weight is 2110 g/mol. The average Bonchev–Trinajstić information content (AvgIpc) is 1.62. The van der Waals surface area contributed by atoms with E-state index in [9.17, 15) is 96.3 Å². The minimum atomic E-state index is -4.92. The lowest BCUT2D eigenvalue weighted by atomic mass is 9.82. The molecule has 8 aromatic carbocycles. The minimum absolute atomic E-state index is 0.0119. The lowest BCUT2D eigenvalue weighted by Crippen LogP contribution is -2.42. The van der Waals surface area contributed by atoms with Gasteiger partial charge < -0.3 is 94.8 Å². The number of phenols is 4. The molecule has 754 valence electrons. The van der Waals surface area contributed by atoms with Crippen molar-refractivity contribution in [2.45, 2.75) is 98.1 Å². The Morgan fingerprint density at radius 2 is 0.796 bits per heavy atom. The van der Waals surface area contributed by atoms with Crippen LogP contribution in [0.4, 0.5) is 35.9 Å². The number of likely N-dealkylation sites (tertiary alicyclic amines) is 1. The van der Waals surface area contributed by atoms with Crippen molar-refractivity contribution in [2.75, 3.05) is 97.0 Å². The Balaban J connectivity index is 0.000000159. The summed E-state index contributed by atoms with van der Waals surface area (Å²) in [5.41, 5.74) is 1.31. The highest BCUT2D eigenvalue weighted by Gasteiger charge is 2.45. The second-order valence-electron chi connectivity index (χ2n) is 35.1. The summed E-state index contributed by atoms with van der Waals surface area (Å²) in [6, 6.07) is 36.0. The molecule has 8 aliphatic heterocycles. The molecule has 52 heteroatoms. The van der Waals surface area contributed by atoms with Crippen LogP contribution in [0.1, 0.15) is 156 Å². The number of benzene rings is 8. The number of hydrogen-bond acceptors (Lipinski definition) is 31. The van der Waals surface area contributed by atoms with Crippen LogP contribution in [0.5, 0.6) is 57.5 Å². The van der Waals surface area contributed by atoms with Crippen LogP contribution in [0.2, 0.25) is 0 Å². The molecule has 5 atom stereocenters. The van der Waals surface area contributed by atoms with E-state index in [1.54, 1.807) is 52.5 Å². The summed E-state index contributed by atoms with van der Waals surface area (Å²) in [5, 5.41) is 63.0. The van der Waals surface area contributed by atoms with Gasteiger partial charge in [0.05, 0.1) is 69.0 Å². The number of nitrogens with zero attached hydrogens (tertiary/aromatic N) is 12. The van der Waals surface area contributed by atoms with Gasteiger partial charge in [0, 0.05) is 59.8 Å². The Kier molecular flexibility index (Phi) is 30.7. The van der Waals surface area contributed by atoms with E-state index >= 15 is 0 Å². The zero-order chi connectivity index (χ0) is 103. The Morgan fingerprint density at radius 3 is 1.15 bits per heavy atom. The van der Waals surface area contributed by atoms with Crippen molar-refractivity contribution >= 4 is 156 Å². The summed E-state index contributed by atoms with van der Waals surface area (Å²) >= 11 is 3.28. The van der Waals surface area contributed by atoms with E-state index in [2.05, 4.69) is 78.9 Å². The number of phenolic OH excluding ortho intramolecular Hbond substituents is 4. The van der Waals surface area contributed by atoms with Gasteiger partial charge in [-0.05, 0) is 153 Å². The molecule has 0 bridgehead atoms. The topological polar surface area (TPSA) is 587 Å². The third-order valence-corrected chi connectivity index (χ3v) is 26.0. The van der Waals surface area contributed by atoms with Crippen molar-refractivity contribution in [3.63, 3.8) is 0 Å². The smallest absolute Gasteiger partial charge is 0.415 e. The monoisotopic (exact) mass is 2110 g/mol. The highest BCUT2D eigenvalue weighted by Crippen LogP contribution is 2.47. The fraction of sp³-hybridized carbons (Fsp3) is 0.322. The lowest BCUT2D eigenvalue weighted by Gasteiger charge is -2.31. The van der Waals surface area contributed by atoms with Gasteiger partial charge in [-0.15, -0.1) is 17.6 Å². The number of alkyl halides is 3. The largest absolute Gasteiger partial charge is 0.505 e. The molecular weight excluding hydrogens is 2010 g/mol. The van der Waals surface area contributed by atoms with Crippen molar-refractivity contribution in [3.05, 3.63) is 201 Å². The number of hydrogen-bond donors (Lipinski definition) is 13. The Morgan fingerprint density at radius 1 is 0.451 bits per heavy atom. The quantitative estimate of drug-likeness (QED) is 0.0355. The van der Waals surface area contributed by atoms with Crippen LogP contribution >= 0.6 is 15.9 Å². The van der Waals surface area contributed by atoms with Crippen molar-refractivity contribution in [1.29, 1.82) is 0 Å². The van der Waals surface area contributed by atoms with Gasteiger partial charge in [0.15, 0.2) is 110 Å². The molecule has 0 unspecified atom stereocenters. The predicted octanol–water partition coefficient (Wildman–Crippen LogP) is 10.8. The van der Waals surface area contributed by atoms with Gasteiger partial charge in [-0.2, -0.15) is 46.8 Å². The number of anilines is 4. The van der Waals surface area contributed by atoms with Gasteiger partial charge >= 0.3 is 53.0 Å². The van der Waals surface area contributed by atoms with E-state index in [0.717, 1.165) is 28.8 Å². The number of amides is 4. The van der Waals surface area contributed by atoms with Gasteiger partial charge in [0.2, 0.25) is 20.4 Å². The van der Waals surface area contributed by atoms with Crippen LogP contribution in [0, 0.1) is 16.7 Å². The number of para-hydroxylation sites is 3. The van der Waals surface area contributed by atoms with Crippen LogP contribution in [-0.4, -0.2) is 237 Å². The second kappa shape index (κ2) is 41.8. The molecule has 8 heterocycles. The third-order valence-electron chi connectivity index (χ3n) is 21.8. The normalized spacial score (nSPS) is 18.8. The molecule has 8 aliphatic rings. The molecule has 0 radical (unpaired) electrons. The predicted molar refractivity (Wildman–Crippen MR) is 523 cm³/mol. The number of carbonyl (C=O) groups excluding carboxylic acids is 4. The number of aromatic hydroxyl groups is 4. The fourth-order valence-electron chi connectivity index (χ4n) is 14.9. The SMILES string of the molecule is CC[C@@H](N=C1NS(=O)(=O)N=C1Nc1cccc(C(=O)N2CCC[C@@H](C(=O)O)C2)c1O)c1ccccc1.CN(C)C(=O)c1c(Br)ccc(NC2=NS(=O)(=O)NC2=N[C@@H](c2ccc3c(c2)OCO3)C(C)(C)C)c1O.CN(C)C(=O)c1cccc(NC2=NS(=O)(=O)NC2=N[C@@H](c2ccc3c(c2)OCO3)C(C)(C)C)c1O.CN(C)C(=O)c1cccc(NC2=NS(=O)(=O)NC2=N[C@@H](c2ccc3c(c2)OCO3)C(F)(F)F)c1O. The molecular formula is C90H98BrF3N20O24S4. The molecule has 0 spiro atoms. The van der Waals surface area contributed by atoms with E-state index in [1.807, 2.05) is 108 Å². The van der Waals surface area contributed by atoms with Gasteiger partial charge in [0.25, 0.3) is 23.6 Å². The van der Waals surface area contributed by atoms with Crippen LogP contribution in [0.15, 0.2) is 194 Å². The number of aliphatic imine (C=N–C) groups is 4. The van der Waals surface area contributed by atoms with E-state index in [4.69, 9.17) is 38.4 Å². The number of fused-ring (bicyclic) bond motifs is 3. The van der Waals surface area contributed by atoms with Gasteiger partial charge in [-0.25, -0.2) is 23.9 Å². The second-order valence-corrected chi connectivity index (χ2v) is 41.3. The van der Waals surface area contributed by atoms with Crippen LogP contribution in [0.3, 0.4) is 0 Å². The summed E-state index contributed by atoms with van der Waals surface area (Å²) in [6.07, 6.45) is -3.29. The molecule has 0 saturated carbocycles. The summed E-state index contributed by atoms with van der Waals surface area (Å²) in [5.74, 6) is -4.18. The van der Waals surface area contributed by atoms with Crippen LogP contribution in [0.25, 0.3) is 0 Å². The molecule has 1 saturated heterocycles. The minimum Gasteiger partial charge on any atom is -0.505 e. The summed E-state index contributed by atoms with van der Waals surface area (Å²) in [6.45, 7) is 14.3. The van der Waals surface area contributed by atoms with E-state index in [0.29, 0.717) is 53.3 Å². The maximum Gasteiger partial charge on any atom is 0.415 e. The van der Waals surface area contributed by atoms with Crippen molar-refractivity contribution in [1.82, 2.24) is 38.5 Å². The first-order chi connectivity index (χ1) is 66.7. The fourth-order valence-corrected chi connectivity index (χ4v) is 18.7. The number of carboxylic acid groups (broad SMARTS) is 1. The number of piperidine rings is 1. The summed E-state index contributed by atoms with van der Waals surface area (Å²) in [4.78, 5) is 84.4. The number of carboxylic acids is 1. The van der Waals surface area contributed by atoms with E-state index in [1.165, 1.54) is 94.4 Å². The molecule has 44 nitrogen and oxygen atoms in total. The maximum atomic E-state index is 13.9. The van der Waals surface area contributed by atoms with Crippen molar-refractivity contribution in [3.8, 4) is 57.5 Å². The number of carbonyl (C=O) groups is 5. The van der Waals surface area contributed by atoms with Crippen LogP contribution < -0.4 is 68.6 Å². The molecule has 0 aliphatic carbocycles. The summed E-state index contributed by atoms with van der Waals surface area (Å²) in [7, 11) is -7.45. The van der Waals surface area contributed by atoms with E-state index in [-0.39, 0.29) is 142 Å². The van der Waals surface area contributed by atoms with Crippen molar-refractivity contribution < 1.29 is 125 Å². The number of rotatable bonds is 18. The van der Waals surface area contributed by atoms with Crippen LogP contribution in [-0.2, 0) is 45.6 Å². The molecule has 0 aromatic heterocycles. The number of ether oxygens (including phenoxy) is 6. The first kappa shape index (κ1) is 104. The molecule has 142 heavy (non-hydrogen) atoms. The van der Waals surface area contributed by atoms with E-state index < -0.39 is 135 Å². The standard InChI is InChI=1S/C24H27N5O6S.C23H26BrN5O6S.C23H27N5O6S.C20H18F3N5O6S/c1-2-18(15-8-4-3-5-9-15)25-21-22(28-36(34,35)27-21)26-19-12-6-11-17(20(19)30)23(31)29-13-7-10-16(14-29)24(32)33;1-23(2,3)19(12-6-9-15-16(10-12)35-11-34-15)26-21-20(27-36(32,33)28-21)25-14-8-7-13(24)17(18(14)30)22(31)29(4)5;1-23(2,3)19(13-9-10-16-17(11-13)34-12-33-16)25-21-20(26-35(31,32)27-21)24-15-8-6-7-14(18(15)29)22(30)28(4)5;1-28(2)19(30)11-4-3-5-12(15(11)29)24-17-18(27-35(31,32)26-17)25-16(20(21,22)23)10-6-7-13-14(8-10)34-9-33-13/h3-6,8-9,11-12,16,18,30H,2,7,10,13-14H2,1H3,(H,25,27)(H,26,28)(H,32,33);6-10,19,30H,11H2,1-5H3,(H,25,27)(H,26,28);6-11,19,29H,12H2,1-5H3,(H,24,26)(H,25,27);3-8,16,29H,9H2,1-2H3,(H,24,26)(H,25,27)/t16-,18-;2*19-;16-/m1000/s1.